The Hall–Kier alpha value is -1.32. The van der Waals surface area contributed by atoms with Crippen molar-refractivity contribution < 1.29 is 19.1 Å². The second-order valence-electron chi connectivity index (χ2n) is 5.41. The first-order valence-corrected chi connectivity index (χ1v) is 7.25. The van der Waals surface area contributed by atoms with Crippen LogP contribution in [0.3, 0.4) is 0 Å². The van der Waals surface area contributed by atoms with Gasteiger partial charge in [0.05, 0.1) is 5.92 Å². The predicted octanol–water partition coefficient (Wildman–Crippen LogP) is 2.76. The Bertz CT molecular complexity index is 374. The lowest BCUT2D eigenvalue weighted by molar-refractivity contribution is -0.156. The fourth-order valence-electron chi connectivity index (χ4n) is 2.85. The molecule has 0 aromatic rings. The normalized spacial score (nSPS) is 29.3. The highest BCUT2D eigenvalue weighted by atomic mass is 16.6. The molecule has 0 radical (unpaired) electrons. The van der Waals surface area contributed by atoms with Crippen LogP contribution < -0.4 is 0 Å². The number of rotatable bonds is 7. The summed E-state index contributed by atoms with van der Waals surface area (Å²) in [5.74, 6) is -1.11. The number of hydrogen-bond acceptors (Lipinski definition) is 4. The van der Waals surface area contributed by atoms with Gasteiger partial charge in [-0.15, -0.1) is 0 Å². The smallest absolute Gasteiger partial charge is 0.348 e. The first-order chi connectivity index (χ1) is 9.15. The molecule has 2 saturated heterocycles. The Morgan fingerprint density at radius 1 is 1.05 bits per heavy atom. The van der Waals surface area contributed by atoms with Crippen molar-refractivity contribution in [3.8, 4) is 0 Å². The van der Waals surface area contributed by atoms with Crippen LogP contribution in [0, 0.1) is 5.92 Å². The molecule has 2 heterocycles. The van der Waals surface area contributed by atoms with E-state index in [-0.39, 0.29) is 12.0 Å². The van der Waals surface area contributed by atoms with E-state index in [1.165, 1.54) is 25.7 Å². The van der Waals surface area contributed by atoms with Crippen molar-refractivity contribution in [2.24, 2.45) is 5.92 Å². The lowest BCUT2D eigenvalue weighted by atomic mass is 9.90. The molecular formula is C15H22O4. The molecule has 2 aliphatic heterocycles. The first kappa shape index (κ1) is 14.1. The summed E-state index contributed by atoms with van der Waals surface area (Å²) in [5, 5.41) is 0. The topological polar surface area (TPSA) is 52.6 Å². The zero-order valence-electron chi connectivity index (χ0n) is 11.5. The van der Waals surface area contributed by atoms with Gasteiger partial charge in [0.2, 0.25) is 6.10 Å². The van der Waals surface area contributed by atoms with E-state index >= 15 is 0 Å². The van der Waals surface area contributed by atoms with Crippen molar-refractivity contribution in [3.63, 3.8) is 0 Å². The van der Waals surface area contributed by atoms with Gasteiger partial charge in [0.1, 0.15) is 6.10 Å². The van der Waals surface area contributed by atoms with Gasteiger partial charge in [-0.2, -0.15) is 0 Å². The van der Waals surface area contributed by atoms with Crippen molar-refractivity contribution in [3.05, 3.63) is 12.2 Å². The molecule has 19 heavy (non-hydrogen) atoms. The van der Waals surface area contributed by atoms with Gasteiger partial charge in [0.15, 0.2) is 0 Å². The molecule has 4 heteroatoms. The lowest BCUT2D eigenvalue weighted by Gasteiger charge is -2.14. The molecule has 0 unspecified atom stereocenters. The number of hydrogen-bond donors (Lipinski definition) is 0. The van der Waals surface area contributed by atoms with Crippen LogP contribution in [0.25, 0.3) is 0 Å². The Labute approximate surface area is 114 Å². The second-order valence-corrected chi connectivity index (χ2v) is 5.41. The SMILES string of the molecule is C=C1C(=O)O[C@@H]2C(=O)O[C@H](CCCCCCCC)[C@H]12. The minimum atomic E-state index is -0.731. The molecule has 2 fully saturated rings. The zero-order chi connectivity index (χ0) is 13.8. The molecule has 0 bridgehead atoms. The average molecular weight is 266 g/mol. The monoisotopic (exact) mass is 266 g/mol. The van der Waals surface area contributed by atoms with Crippen LogP contribution in [-0.4, -0.2) is 24.1 Å². The number of cyclic esters (lactones) is 1. The minimum Gasteiger partial charge on any atom is -0.459 e. The third kappa shape index (κ3) is 2.99. The van der Waals surface area contributed by atoms with Crippen molar-refractivity contribution in [1.29, 1.82) is 0 Å². The maximum Gasteiger partial charge on any atom is 0.348 e. The third-order valence-electron chi connectivity index (χ3n) is 3.97. The van der Waals surface area contributed by atoms with E-state index in [0.29, 0.717) is 5.57 Å². The molecule has 3 atom stereocenters. The standard InChI is InChI=1S/C15H22O4/c1-3-4-5-6-7-8-9-11-12-10(2)14(16)19-13(12)15(17)18-11/h11-13H,2-9H2,1H3/t11-,12+,13+/m1/s1. The van der Waals surface area contributed by atoms with Crippen LogP contribution in [0.2, 0.25) is 0 Å². The van der Waals surface area contributed by atoms with Gasteiger partial charge in [-0.05, 0) is 12.8 Å². The van der Waals surface area contributed by atoms with Crippen molar-refractivity contribution in [2.75, 3.05) is 0 Å². The fraction of sp³-hybridized carbons (Fsp3) is 0.733. The first-order valence-electron chi connectivity index (χ1n) is 7.25. The van der Waals surface area contributed by atoms with Gasteiger partial charge in [-0.3, -0.25) is 0 Å². The van der Waals surface area contributed by atoms with Crippen LogP contribution in [0.1, 0.15) is 51.9 Å². The highest BCUT2D eigenvalue weighted by molar-refractivity contribution is 5.97. The van der Waals surface area contributed by atoms with Crippen LogP contribution in [0.15, 0.2) is 12.2 Å². The van der Waals surface area contributed by atoms with E-state index < -0.39 is 18.0 Å². The fourth-order valence-corrected chi connectivity index (χ4v) is 2.85. The van der Waals surface area contributed by atoms with Crippen LogP contribution in [0.5, 0.6) is 0 Å². The quantitative estimate of drug-likeness (QED) is 0.404. The number of ether oxygens (including phenoxy) is 2. The highest BCUT2D eigenvalue weighted by Crippen LogP contribution is 2.39. The van der Waals surface area contributed by atoms with E-state index in [4.69, 9.17) is 9.47 Å². The lowest BCUT2D eigenvalue weighted by Crippen LogP contribution is -2.21. The van der Waals surface area contributed by atoms with Crippen molar-refractivity contribution in [1.82, 2.24) is 0 Å². The number of carbonyl (C=O) groups is 2. The van der Waals surface area contributed by atoms with Gasteiger partial charge in [0, 0.05) is 5.57 Å². The molecule has 0 N–H and O–H groups in total. The van der Waals surface area contributed by atoms with E-state index in [1.54, 1.807) is 0 Å². The summed E-state index contributed by atoms with van der Waals surface area (Å²) in [5.41, 5.74) is 0.395. The summed E-state index contributed by atoms with van der Waals surface area (Å²) < 4.78 is 10.3. The molecule has 2 aliphatic rings. The molecule has 0 aliphatic carbocycles. The molecule has 4 nitrogen and oxygen atoms in total. The molecule has 0 aromatic carbocycles. The largest absolute Gasteiger partial charge is 0.459 e. The summed E-state index contributed by atoms with van der Waals surface area (Å²) >= 11 is 0. The summed E-state index contributed by atoms with van der Waals surface area (Å²) in [7, 11) is 0. The zero-order valence-corrected chi connectivity index (χ0v) is 11.5. The maximum absolute atomic E-state index is 11.6. The van der Waals surface area contributed by atoms with Gasteiger partial charge >= 0.3 is 11.9 Å². The predicted molar refractivity (Wildman–Crippen MR) is 70.4 cm³/mol. The summed E-state index contributed by atoms with van der Waals surface area (Å²) in [6.45, 7) is 5.92. The molecular weight excluding hydrogens is 244 g/mol. The van der Waals surface area contributed by atoms with Gasteiger partial charge in [-0.25, -0.2) is 9.59 Å². The van der Waals surface area contributed by atoms with Gasteiger partial charge in [0.25, 0.3) is 0 Å². The van der Waals surface area contributed by atoms with E-state index in [9.17, 15) is 9.59 Å². The van der Waals surface area contributed by atoms with Gasteiger partial charge in [-0.1, -0.05) is 45.6 Å². The maximum atomic E-state index is 11.6. The Morgan fingerprint density at radius 2 is 1.74 bits per heavy atom. The summed E-state index contributed by atoms with van der Waals surface area (Å²) in [4.78, 5) is 23.0. The Kier molecular flexibility index (Phi) is 4.61. The molecule has 0 spiro atoms. The number of esters is 2. The van der Waals surface area contributed by atoms with Crippen molar-refractivity contribution >= 4 is 11.9 Å². The number of unbranched alkanes of at least 4 members (excludes halogenated alkanes) is 5. The minimum absolute atomic E-state index is 0.220. The summed E-state index contributed by atoms with van der Waals surface area (Å²) in [6, 6.07) is 0. The third-order valence-corrected chi connectivity index (χ3v) is 3.97. The van der Waals surface area contributed by atoms with Gasteiger partial charge < -0.3 is 9.47 Å². The molecule has 2 rings (SSSR count). The average Bonchev–Trinajstić information content (AvgIpc) is 2.84. The molecule has 0 amide bonds. The van der Waals surface area contributed by atoms with Crippen LogP contribution in [-0.2, 0) is 19.1 Å². The Morgan fingerprint density at radius 3 is 2.47 bits per heavy atom. The Balaban J connectivity index is 1.76. The molecule has 0 saturated carbocycles. The number of carbonyl (C=O) groups excluding carboxylic acids is 2. The van der Waals surface area contributed by atoms with Crippen LogP contribution in [0.4, 0.5) is 0 Å². The molecule has 0 aromatic heterocycles. The summed E-state index contributed by atoms with van der Waals surface area (Å²) in [6.07, 6.45) is 7.02. The van der Waals surface area contributed by atoms with Crippen LogP contribution >= 0.6 is 0 Å². The van der Waals surface area contributed by atoms with Crippen molar-refractivity contribution in [2.45, 2.75) is 64.1 Å². The second kappa shape index (κ2) is 6.22. The van der Waals surface area contributed by atoms with E-state index in [0.717, 1.165) is 19.3 Å². The molecule has 106 valence electrons. The van der Waals surface area contributed by atoms with E-state index in [1.807, 2.05) is 0 Å². The van der Waals surface area contributed by atoms with E-state index in [2.05, 4.69) is 13.5 Å². The number of fused-ring (bicyclic) bond motifs is 1. The highest BCUT2D eigenvalue weighted by Gasteiger charge is 2.54.